The van der Waals surface area contributed by atoms with Crippen molar-refractivity contribution in [3.63, 3.8) is 0 Å². The fourth-order valence-corrected chi connectivity index (χ4v) is 2.63. The lowest BCUT2D eigenvalue weighted by molar-refractivity contribution is -0.126. The molecule has 1 aliphatic rings. The van der Waals surface area contributed by atoms with E-state index in [1.807, 2.05) is 7.05 Å². The van der Waals surface area contributed by atoms with Crippen LogP contribution < -0.4 is 11.1 Å². The Bertz CT molecular complexity index is 394. The Morgan fingerprint density at radius 3 is 2.59 bits per heavy atom. The summed E-state index contributed by atoms with van der Waals surface area (Å²) in [5.74, 6) is 0. The van der Waals surface area contributed by atoms with Gasteiger partial charge in [-0.15, -0.1) is 0 Å². The zero-order valence-corrected chi connectivity index (χ0v) is 10.9. The second-order valence-electron chi connectivity index (χ2n) is 5.14. The van der Waals surface area contributed by atoms with E-state index in [2.05, 4.69) is 37.4 Å². The van der Waals surface area contributed by atoms with Crippen LogP contribution in [0.15, 0.2) is 18.2 Å². The maximum atomic E-state index is 5.95. The van der Waals surface area contributed by atoms with Crippen LogP contribution in [0.2, 0.25) is 0 Å². The fourth-order valence-electron chi connectivity index (χ4n) is 2.63. The smallest absolute Gasteiger partial charge is 0.0575 e. The first-order valence-corrected chi connectivity index (χ1v) is 6.15. The highest BCUT2D eigenvalue weighted by atomic mass is 16.5. The topological polar surface area (TPSA) is 47.3 Å². The third-order valence-electron chi connectivity index (χ3n) is 3.83. The van der Waals surface area contributed by atoms with Crippen molar-refractivity contribution in [1.29, 1.82) is 0 Å². The molecule has 1 unspecified atom stereocenters. The highest BCUT2D eigenvalue weighted by Gasteiger charge is 2.45. The van der Waals surface area contributed by atoms with Gasteiger partial charge in [0.05, 0.1) is 13.2 Å². The van der Waals surface area contributed by atoms with Gasteiger partial charge >= 0.3 is 0 Å². The van der Waals surface area contributed by atoms with Crippen molar-refractivity contribution in [3.05, 3.63) is 34.9 Å². The van der Waals surface area contributed by atoms with E-state index in [1.54, 1.807) is 0 Å². The number of aryl methyl sites for hydroxylation is 2. The number of nitrogens with two attached hydrogens (primary N) is 1. The minimum absolute atomic E-state index is 0.0628. The highest BCUT2D eigenvalue weighted by Crippen LogP contribution is 2.40. The molecule has 3 heteroatoms. The van der Waals surface area contributed by atoms with Gasteiger partial charge in [-0.1, -0.05) is 23.8 Å². The van der Waals surface area contributed by atoms with Crippen LogP contribution in [0.5, 0.6) is 0 Å². The predicted molar refractivity (Wildman–Crippen MR) is 70.0 cm³/mol. The maximum Gasteiger partial charge on any atom is 0.0575 e. The number of rotatable bonds is 4. The van der Waals surface area contributed by atoms with Crippen LogP contribution in [-0.4, -0.2) is 26.8 Å². The van der Waals surface area contributed by atoms with E-state index in [9.17, 15) is 0 Å². The Balaban J connectivity index is 2.37. The van der Waals surface area contributed by atoms with Gasteiger partial charge in [0, 0.05) is 18.0 Å². The molecule has 1 aliphatic heterocycles. The quantitative estimate of drug-likeness (QED) is 0.830. The van der Waals surface area contributed by atoms with Crippen LogP contribution >= 0.6 is 0 Å². The average molecular weight is 234 g/mol. The Morgan fingerprint density at radius 1 is 1.41 bits per heavy atom. The second kappa shape index (κ2) is 4.77. The molecule has 3 N–H and O–H groups in total. The Morgan fingerprint density at radius 2 is 2.12 bits per heavy atom. The van der Waals surface area contributed by atoms with Crippen LogP contribution in [0.3, 0.4) is 0 Å². The SMILES string of the molecule is CNC(c1cc(C)ccc1C)C1(CN)COC1. The van der Waals surface area contributed by atoms with Gasteiger partial charge in [-0.2, -0.15) is 0 Å². The average Bonchev–Trinajstić information content (AvgIpc) is 2.27. The van der Waals surface area contributed by atoms with Crippen molar-refractivity contribution in [2.75, 3.05) is 26.8 Å². The van der Waals surface area contributed by atoms with Crippen molar-refractivity contribution >= 4 is 0 Å². The standard InChI is InChI=1S/C14H22N2O/c1-10-4-5-11(2)12(6-10)13(16-3)14(7-15)8-17-9-14/h4-6,13,16H,7-9,15H2,1-3H3. The van der Waals surface area contributed by atoms with E-state index >= 15 is 0 Å². The number of nitrogens with one attached hydrogen (secondary N) is 1. The fraction of sp³-hybridized carbons (Fsp3) is 0.571. The molecule has 0 saturated carbocycles. The summed E-state index contributed by atoms with van der Waals surface area (Å²) in [6.45, 7) is 6.45. The van der Waals surface area contributed by atoms with Gasteiger partial charge in [0.25, 0.3) is 0 Å². The van der Waals surface area contributed by atoms with Gasteiger partial charge in [0.15, 0.2) is 0 Å². The molecule has 0 spiro atoms. The van der Waals surface area contributed by atoms with Gasteiger partial charge in [-0.25, -0.2) is 0 Å². The summed E-state index contributed by atoms with van der Waals surface area (Å²) in [4.78, 5) is 0. The molecule has 0 bridgehead atoms. The lowest BCUT2D eigenvalue weighted by atomic mass is 9.74. The zero-order valence-electron chi connectivity index (χ0n) is 10.9. The molecule has 94 valence electrons. The lowest BCUT2D eigenvalue weighted by Crippen LogP contribution is -2.55. The van der Waals surface area contributed by atoms with E-state index in [-0.39, 0.29) is 11.5 Å². The van der Waals surface area contributed by atoms with Crippen LogP contribution in [0.4, 0.5) is 0 Å². The number of hydrogen-bond donors (Lipinski definition) is 2. The van der Waals surface area contributed by atoms with Gasteiger partial charge in [-0.3, -0.25) is 0 Å². The van der Waals surface area contributed by atoms with Crippen molar-refractivity contribution in [2.24, 2.45) is 11.1 Å². The largest absolute Gasteiger partial charge is 0.380 e. The van der Waals surface area contributed by atoms with E-state index in [0.29, 0.717) is 6.54 Å². The van der Waals surface area contributed by atoms with E-state index < -0.39 is 0 Å². The summed E-state index contributed by atoms with van der Waals surface area (Å²) < 4.78 is 5.38. The molecule has 1 atom stereocenters. The summed E-state index contributed by atoms with van der Waals surface area (Å²) in [5, 5.41) is 3.42. The Kier molecular flexibility index (Phi) is 3.52. The first-order valence-electron chi connectivity index (χ1n) is 6.15. The van der Waals surface area contributed by atoms with Crippen molar-refractivity contribution in [3.8, 4) is 0 Å². The lowest BCUT2D eigenvalue weighted by Gasteiger charge is -2.47. The number of ether oxygens (including phenoxy) is 1. The molecule has 17 heavy (non-hydrogen) atoms. The first-order chi connectivity index (χ1) is 8.13. The van der Waals surface area contributed by atoms with Crippen molar-refractivity contribution in [2.45, 2.75) is 19.9 Å². The summed E-state index contributed by atoms with van der Waals surface area (Å²) in [7, 11) is 2.00. The van der Waals surface area contributed by atoms with Crippen LogP contribution in [-0.2, 0) is 4.74 Å². The predicted octanol–water partition coefficient (Wildman–Crippen LogP) is 1.54. The normalized spacial score (nSPS) is 19.8. The summed E-state index contributed by atoms with van der Waals surface area (Å²) >= 11 is 0. The molecule has 0 aliphatic carbocycles. The minimum Gasteiger partial charge on any atom is -0.380 e. The number of hydrogen-bond acceptors (Lipinski definition) is 3. The molecule has 0 aromatic heterocycles. The Labute approximate surface area is 103 Å². The summed E-state index contributed by atoms with van der Waals surface area (Å²) in [6.07, 6.45) is 0. The maximum absolute atomic E-state index is 5.95. The Hall–Kier alpha value is -0.900. The van der Waals surface area contributed by atoms with Crippen LogP contribution in [0.25, 0.3) is 0 Å². The first kappa shape index (κ1) is 12.6. The highest BCUT2D eigenvalue weighted by molar-refractivity contribution is 5.35. The summed E-state index contributed by atoms with van der Waals surface area (Å²) in [6, 6.07) is 6.87. The number of benzene rings is 1. The molecule has 1 heterocycles. The third-order valence-corrected chi connectivity index (χ3v) is 3.83. The molecule has 1 aromatic rings. The molecule has 1 fully saturated rings. The molecule has 3 nitrogen and oxygen atoms in total. The van der Waals surface area contributed by atoms with Crippen LogP contribution in [0, 0.1) is 19.3 Å². The molecule has 0 radical (unpaired) electrons. The van der Waals surface area contributed by atoms with E-state index in [4.69, 9.17) is 10.5 Å². The molecule has 1 aromatic carbocycles. The molecule has 2 rings (SSSR count). The van der Waals surface area contributed by atoms with Crippen molar-refractivity contribution < 1.29 is 4.74 Å². The summed E-state index contributed by atoms with van der Waals surface area (Å²) in [5.41, 5.74) is 9.97. The zero-order chi connectivity index (χ0) is 12.5. The molecular weight excluding hydrogens is 212 g/mol. The monoisotopic (exact) mass is 234 g/mol. The third kappa shape index (κ3) is 2.10. The molecular formula is C14H22N2O. The van der Waals surface area contributed by atoms with Gasteiger partial charge in [-0.05, 0) is 32.0 Å². The van der Waals surface area contributed by atoms with Gasteiger partial charge < -0.3 is 15.8 Å². The van der Waals surface area contributed by atoms with E-state index in [1.165, 1.54) is 16.7 Å². The van der Waals surface area contributed by atoms with E-state index in [0.717, 1.165) is 13.2 Å². The van der Waals surface area contributed by atoms with Gasteiger partial charge in [0.1, 0.15) is 0 Å². The molecule has 1 saturated heterocycles. The van der Waals surface area contributed by atoms with Gasteiger partial charge in [0.2, 0.25) is 0 Å². The van der Waals surface area contributed by atoms with Crippen molar-refractivity contribution in [1.82, 2.24) is 5.32 Å². The van der Waals surface area contributed by atoms with Crippen LogP contribution in [0.1, 0.15) is 22.7 Å². The second-order valence-corrected chi connectivity index (χ2v) is 5.14. The molecule has 0 amide bonds. The minimum atomic E-state index is 0.0628.